The highest BCUT2D eigenvalue weighted by Gasteiger charge is 2.36. The zero-order chi connectivity index (χ0) is 15.7. The van der Waals surface area contributed by atoms with E-state index in [0.29, 0.717) is 0 Å². The fourth-order valence-corrected chi connectivity index (χ4v) is 3.86. The molecule has 0 spiro atoms. The Balaban J connectivity index is 1.62. The van der Waals surface area contributed by atoms with Gasteiger partial charge in [0, 0.05) is 11.4 Å². The Morgan fingerprint density at radius 1 is 1.50 bits per heavy atom. The average molecular weight is 331 g/mol. The molecule has 122 valence electrons. The summed E-state index contributed by atoms with van der Waals surface area (Å²) in [5.41, 5.74) is 1.12. The maximum atomic E-state index is 13.5. The van der Waals surface area contributed by atoms with Crippen LogP contribution in [0.25, 0.3) is 0 Å². The third-order valence-corrected chi connectivity index (χ3v) is 5.19. The lowest BCUT2D eigenvalue weighted by Gasteiger charge is -2.25. The first kappa shape index (κ1) is 15.6. The molecule has 0 saturated carbocycles. The summed E-state index contributed by atoms with van der Waals surface area (Å²) in [7, 11) is 0. The minimum Gasteiger partial charge on any atom is -0.373 e. The minimum absolute atomic E-state index is 0.128. The van der Waals surface area contributed by atoms with Crippen molar-refractivity contribution >= 4 is 17.4 Å². The molecule has 0 aromatic carbocycles. The number of halogens is 2. The van der Waals surface area contributed by atoms with Gasteiger partial charge >= 0.3 is 6.03 Å². The zero-order valence-corrected chi connectivity index (χ0v) is 13.2. The molecule has 1 aliphatic heterocycles. The Morgan fingerprint density at radius 2 is 2.32 bits per heavy atom. The van der Waals surface area contributed by atoms with Gasteiger partial charge in [0.1, 0.15) is 11.6 Å². The molecule has 1 aromatic rings. The molecule has 2 amide bonds. The molecular weight excluding hydrogens is 312 g/mol. The van der Waals surface area contributed by atoms with Gasteiger partial charge in [-0.25, -0.2) is 18.6 Å². The van der Waals surface area contributed by atoms with E-state index in [1.54, 1.807) is 11.3 Å². The Labute approximate surface area is 131 Å². The summed E-state index contributed by atoms with van der Waals surface area (Å²) in [6, 6.07) is -0.770. The van der Waals surface area contributed by atoms with Gasteiger partial charge in [-0.1, -0.05) is 0 Å². The number of hydrogen-bond acceptors (Lipinski definition) is 4. The molecule has 2 heterocycles. The van der Waals surface area contributed by atoms with Crippen LogP contribution in [0.3, 0.4) is 0 Å². The fraction of sp³-hybridized carbons (Fsp3) is 0.714. The van der Waals surface area contributed by atoms with Crippen LogP contribution in [0.15, 0.2) is 0 Å². The summed E-state index contributed by atoms with van der Waals surface area (Å²) in [5.74, 6) is -3.00. The lowest BCUT2D eigenvalue weighted by molar-refractivity contribution is -0.0652. The number of alkyl halides is 2. The first-order valence-electron chi connectivity index (χ1n) is 7.44. The van der Waals surface area contributed by atoms with Crippen LogP contribution in [-0.4, -0.2) is 48.1 Å². The third-order valence-electron chi connectivity index (χ3n) is 3.85. The number of fused-ring (bicyclic) bond motifs is 1. The summed E-state index contributed by atoms with van der Waals surface area (Å²) in [6.45, 7) is 0.884. The number of aryl methyl sites for hydroxylation is 2. The van der Waals surface area contributed by atoms with Crippen LogP contribution in [0.1, 0.15) is 35.0 Å². The van der Waals surface area contributed by atoms with Crippen molar-refractivity contribution in [2.45, 2.75) is 38.2 Å². The van der Waals surface area contributed by atoms with Gasteiger partial charge in [-0.3, -0.25) is 0 Å². The molecule has 1 saturated heterocycles. The van der Waals surface area contributed by atoms with E-state index in [2.05, 4.69) is 10.3 Å². The molecule has 1 unspecified atom stereocenters. The van der Waals surface area contributed by atoms with Crippen molar-refractivity contribution in [2.24, 2.45) is 0 Å². The molecular formula is C14H19F2N3O2S. The molecule has 1 aromatic heterocycles. The number of nitrogens with zero attached hydrogens (tertiary/aromatic N) is 2. The Bertz CT molecular complexity index is 543. The summed E-state index contributed by atoms with van der Waals surface area (Å²) in [4.78, 5) is 19.1. The van der Waals surface area contributed by atoms with Crippen LogP contribution in [-0.2, 0) is 17.6 Å². The molecule has 1 atom stereocenters. The lowest BCUT2D eigenvalue weighted by atomic mass is 10.3. The van der Waals surface area contributed by atoms with Gasteiger partial charge in [0.25, 0.3) is 5.92 Å². The smallest absolute Gasteiger partial charge is 0.318 e. The first-order valence-corrected chi connectivity index (χ1v) is 8.26. The van der Waals surface area contributed by atoms with Crippen molar-refractivity contribution in [1.82, 2.24) is 15.2 Å². The van der Waals surface area contributed by atoms with Gasteiger partial charge in [-0.05, 0) is 26.2 Å². The molecule has 0 bridgehead atoms. The van der Waals surface area contributed by atoms with Crippen LogP contribution in [0.2, 0.25) is 0 Å². The largest absolute Gasteiger partial charge is 0.373 e. The number of thiazole rings is 1. The van der Waals surface area contributed by atoms with E-state index in [1.165, 1.54) is 4.88 Å². The first-order chi connectivity index (χ1) is 10.4. The molecule has 22 heavy (non-hydrogen) atoms. The summed E-state index contributed by atoms with van der Waals surface area (Å²) < 4.78 is 31.8. The maximum absolute atomic E-state index is 13.5. The summed E-state index contributed by atoms with van der Waals surface area (Å²) in [6.07, 6.45) is 3.17. The Kier molecular flexibility index (Phi) is 4.31. The molecule has 8 heteroatoms. The second kappa shape index (κ2) is 6.08. The fourth-order valence-electron chi connectivity index (χ4n) is 2.71. The quantitative estimate of drug-likeness (QED) is 0.905. The number of urea groups is 1. The van der Waals surface area contributed by atoms with Gasteiger partial charge in [0.05, 0.1) is 24.9 Å². The van der Waals surface area contributed by atoms with E-state index in [9.17, 15) is 13.6 Å². The van der Waals surface area contributed by atoms with Gasteiger partial charge in [-0.2, -0.15) is 0 Å². The maximum Gasteiger partial charge on any atom is 0.318 e. The number of nitrogens with one attached hydrogen (secondary N) is 1. The standard InChI is InChI=1S/C14H19F2N3O2S/c1-9(12-18-10-3-2-4-11(10)22-12)17-13(20)19-5-6-21-8-14(15,16)7-19/h9H,2-8H2,1H3,(H,17,20). The van der Waals surface area contributed by atoms with Crippen molar-refractivity contribution < 1.29 is 18.3 Å². The van der Waals surface area contributed by atoms with Crippen LogP contribution in [0.4, 0.5) is 13.6 Å². The number of aromatic nitrogens is 1. The minimum atomic E-state index is -3.00. The van der Waals surface area contributed by atoms with Crippen molar-refractivity contribution in [2.75, 3.05) is 26.3 Å². The van der Waals surface area contributed by atoms with E-state index in [4.69, 9.17) is 4.74 Å². The van der Waals surface area contributed by atoms with E-state index >= 15 is 0 Å². The predicted octanol–water partition coefficient (Wildman–Crippen LogP) is 2.37. The number of amides is 2. The van der Waals surface area contributed by atoms with Gasteiger partial charge in [-0.15, -0.1) is 11.3 Å². The van der Waals surface area contributed by atoms with E-state index in [0.717, 1.165) is 34.9 Å². The topological polar surface area (TPSA) is 54.5 Å². The molecule has 3 rings (SSSR count). The Morgan fingerprint density at radius 3 is 3.09 bits per heavy atom. The van der Waals surface area contributed by atoms with Crippen molar-refractivity contribution in [1.29, 1.82) is 0 Å². The van der Waals surface area contributed by atoms with Crippen LogP contribution in [0, 0.1) is 0 Å². The molecule has 1 aliphatic carbocycles. The monoisotopic (exact) mass is 331 g/mol. The lowest BCUT2D eigenvalue weighted by Crippen LogP contribution is -2.46. The zero-order valence-electron chi connectivity index (χ0n) is 12.4. The van der Waals surface area contributed by atoms with Crippen molar-refractivity contribution in [3.8, 4) is 0 Å². The molecule has 1 N–H and O–H groups in total. The predicted molar refractivity (Wildman–Crippen MR) is 78.4 cm³/mol. The van der Waals surface area contributed by atoms with Crippen LogP contribution in [0.5, 0.6) is 0 Å². The molecule has 2 aliphatic rings. The number of ether oxygens (including phenoxy) is 1. The van der Waals surface area contributed by atoms with Crippen molar-refractivity contribution in [3.05, 3.63) is 15.6 Å². The highest BCUT2D eigenvalue weighted by Crippen LogP contribution is 2.30. The van der Waals surface area contributed by atoms with Crippen LogP contribution < -0.4 is 5.32 Å². The normalized spacial score (nSPS) is 22.0. The van der Waals surface area contributed by atoms with Crippen LogP contribution >= 0.6 is 11.3 Å². The van der Waals surface area contributed by atoms with E-state index in [-0.39, 0.29) is 19.2 Å². The van der Waals surface area contributed by atoms with E-state index in [1.807, 2.05) is 6.92 Å². The van der Waals surface area contributed by atoms with Gasteiger partial charge in [0.2, 0.25) is 0 Å². The second-order valence-corrected chi connectivity index (χ2v) is 6.89. The van der Waals surface area contributed by atoms with Crippen molar-refractivity contribution in [3.63, 3.8) is 0 Å². The average Bonchev–Trinajstić information content (AvgIpc) is 2.98. The summed E-state index contributed by atoms with van der Waals surface area (Å²) in [5, 5.41) is 3.61. The van der Waals surface area contributed by atoms with Gasteiger partial charge in [0.15, 0.2) is 0 Å². The number of hydrogen-bond donors (Lipinski definition) is 1. The number of rotatable bonds is 2. The molecule has 0 radical (unpaired) electrons. The molecule has 5 nitrogen and oxygen atoms in total. The number of carbonyl (C=O) groups excluding carboxylic acids is 1. The Hall–Kier alpha value is -1.28. The highest BCUT2D eigenvalue weighted by atomic mass is 32.1. The molecule has 1 fully saturated rings. The highest BCUT2D eigenvalue weighted by molar-refractivity contribution is 7.11. The SMILES string of the molecule is CC(NC(=O)N1CCOCC(F)(F)C1)c1nc2c(s1)CCC2. The summed E-state index contributed by atoms with van der Waals surface area (Å²) >= 11 is 1.61. The number of carbonyl (C=O) groups is 1. The van der Waals surface area contributed by atoms with E-state index < -0.39 is 25.1 Å². The third kappa shape index (κ3) is 3.38. The second-order valence-electron chi connectivity index (χ2n) is 5.78. The van der Waals surface area contributed by atoms with Gasteiger partial charge < -0.3 is 15.0 Å².